The van der Waals surface area contributed by atoms with Gasteiger partial charge in [0.1, 0.15) is 5.69 Å². The molecular weight excluding hydrogens is 238 g/mol. The lowest BCUT2D eigenvalue weighted by atomic mass is 9.83. The van der Waals surface area contributed by atoms with E-state index in [1.165, 1.54) is 25.7 Å². The summed E-state index contributed by atoms with van der Waals surface area (Å²) < 4.78 is 1.74. The molecule has 0 atom stereocenters. The molecule has 1 N–H and O–H groups in total. The summed E-state index contributed by atoms with van der Waals surface area (Å²) in [7, 11) is 1.86. The molecule has 1 saturated carbocycles. The molecule has 0 radical (unpaired) electrons. The zero-order valence-electron chi connectivity index (χ0n) is 12.3. The van der Waals surface area contributed by atoms with Gasteiger partial charge in [0.25, 0.3) is 5.91 Å². The lowest BCUT2D eigenvalue weighted by molar-refractivity contribution is 0.0915. The predicted octanol–water partition coefficient (Wildman–Crippen LogP) is 2.82. The number of nitrogens with zero attached hydrogens (tertiary/aromatic N) is 2. The zero-order valence-corrected chi connectivity index (χ0v) is 12.3. The number of aryl methyl sites for hydroxylation is 2. The van der Waals surface area contributed by atoms with Crippen LogP contribution in [0.1, 0.15) is 61.6 Å². The van der Waals surface area contributed by atoms with Gasteiger partial charge in [0.15, 0.2) is 0 Å². The average Bonchev–Trinajstić information content (AvgIpc) is 2.72. The Morgan fingerprint density at radius 2 is 2.11 bits per heavy atom. The van der Waals surface area contributed by atoms with Crippen LogP contribution in [0.5, 0.6) is 0 Å². The lowest BCUT2D eigenvalue weighted by Crippen LogP contribution is -2.37. The Hall–Kier alpha value is -1.32. The number of carbonyl (C=O) groups is 1. The third kappa shape index (κ3) is 3.58. The average molecular weight is 263 g/mol. The largest absolute Gasteiger partial charge is 0.348 e. The summed E-state index contributed by atoms with van der Waals surface area (Å²) in [5.41, 5.74) is 1.55. The highest BCUT2D eigenvalue weighted by Crippen LogP contribution is 2.27. The molecular formula is C15H25N3O. The van der Waals surface area contributed by atoms with Gasteiger partial charge in [-0.05, 0) is 44.6 Å². The molecule has 1 aliphatic rings. The normalized spacial score (nSPS) is 23.3. The summed E-state index contributed by atoms with van der Waals surface area (Å²) in [6, 6.07) is 2.18. The van der Waals surface area contributed by atoms with Crippen LogP contribution in [0.4, 0.5) is 0 Å². The number of aromatic nitrogens is 2. The van der Waals surface area contributed by atoms with E-state index in [0.717, 1.165) is 24.5 Å². The molecule has 19 heavy (non-hydrogen) atoms. The van der Waals surface area contributed by atoms with E-state index in [-0.39, 0.29) is 5.91 Å². The van der Waals surface area contributed by atoms with E-state index in [0.29, 0.717) is 11.7 Å². The van der Waals surface area contributed by atoms with Crippen molar-refractivity contribution in [3.8, 4) is 0 Å². The zero-order chi connectivity index (χ0) is 13.8. The molecule has 106 valence electrons. The first-order valence-electron chi connectivity index (χ1n) is 7.41. The van der Waals surface area contributed by atoms with E-state index in [4.69, 9.17) is 0 Å². The first-order valence-corrected chi connectivity index (χ1v) is 7.41. The summed E-state index contributed by atoms with van der Waals surface area (Å²) in [5.74, 6) is 0.845. The first-order chi connectivity index (χ1) is 9.10. The van der Waals surface area contributed by atoms with Gasteiger partial charge in [-0.15, -0.1) is 0 Å². The molecule has 1 aliphatic carbocycles. The Kier molecular flexibility index (Phi) is 4.61. The topological polar surface area (TPSA) is 46.9 Å². The Morgan fingerprint density at radius 3 is 2.63 bits per heavy atom. The molecule has 0 unspecified atom stereocenters. The van der Waals surface area contributed by atoms with Crippen LogP contribution in [0.15, 0.2) is 6.07 Å². The molecule has 1 fully saturated rings. The molecule has 4 nitrogen and oxygen atoms in total. The molecule has 0 aliphatic heterocycles. The van der Waals surface area contributed by atoms with E-state index in [1.54, 1.807) is 4.68 Å². The monoisotopic (exact) mass is 263 g/mol. The van der Waals surface area contributed by atoms with Crippen LogP contribution in [-0.2, 0) is 7.05 Å². The van der Waals surface area contributed by atoms with Gasteiger partial charge < -0.3 is 5.32 Å². The van der Waals surface area contributed by atoms with Crippen LogP contribution in [0.2, 0.25) is 0 Å². The van der Waals surface area contributed by atoms with E-state index < -0.39 is 0 Å². The fraction of sp³-hybridized carbons (Fsp3) is 0.733. The van der Waals surface area contributed by atoms with Crippen molar-refractivity contribution in [2.45, 2.75) is 58.4 Å². The molecule has 0 bridgehead atoms. The van der Waals surface area contributed by atoms with Crippen LogP contribution in [0.3, 0.4) is 0 Å². The standard InChI is InChI=1S/C15H25N3O/c1-4-5-12-6-8-13(9-7-12)16-15(19)14-10-11(2)18(3)17-14/h10,12-13H,4-9H2,1-3H3,(H,16,19). The highest BCUT2D eigenvalue weighted by atomic mass is 16.2. The summed E-state index contributed by atoms with van der Waals surface area (Å²) >= 11 is 0. The van der Waals surface area contributed by atoms with Crippen molar-refractivity contribution in [2.75, 3.05) is 0 Å². The van der Waals surface area contributed by atoms with Crippen LogP contribution >= 0.6 is 0 Å². The fourth-order valence-corrected chi connectivity index (χ4v) is 2.93. The number of hydrogen-bond acceptors (Lipinski definition) is 2. The summed E-state index contributed by atoms with van der Waals surface area (Å²) in [6.45, 7) is 4.21. The molecule has 0 spiro atoms. The molecule has 0 aromatic carbocycles. The summed E-state index contributed by atoms with van der Waals surface area (Å²) in [5, 5.41) is 7.35. The number of nitrogens with one attached hydrogen (secondary N) is 1. The SMILES string of the molecule is CCCC1CCC(NC(=O)c2cc(C)n(C)n2)CC1. The summed E-state index contributed by atoms with van der Waals surface area (Å²) in [6.07, 6.45) is 7.33. The van der Waals surface area contributed by atoms with Gasteiger partial charge in [0, 0.05) is 18.8 Å². The smallest absolute Gasteiger partial charge is 0.272 e. The van der Waals surface area contributed by atoms with Crippen molar-refractivity contribution in [3.63, 3.8) is 0 Å². The number of amides is 1. The molecule has 1 heterocycles. The highest BCUT2D eigenvalue weighted by Gasteiger charge is 2.23. The maximum absolute atomic E-state index is 12.1. The molecule has 1 amide bonds. The number of carbonyl (C=O) groups excluding carboxylic acids is 1. The van der Waals surface area contributed by atoms with E-state index in [9.17, 15) is 4.79 Å². The Labute approximate surface area is 115 Å². The van der Waals surface area contributed by atoms with Crippen molar-refractivity contribution in [3.05, 3.63) is 17.5 Å². The van der Waals surface area contributed by atoms with Crippen molar-refractivity contribution < 1.29 is 4.79 Å². The second-order valence-corrected chi connectivity index (χ2v) is 5.77. The maximum Gasteiger partial charge on any atom is 0.272 e. The van der Waals surface area contributed by atoms with E-state index in [1.807, 2.05) is 20.0 Å². The molecule has 1 aromatic heterocycles. The molecule has 2 rings (SSSR count). The quantitative estimate of drug-likeness (QED) is 0.908. The Bertz CT molecular complexity index is 411. The third-order valence-electron chi connectivity index (χ3n) is 4.23. The number of hydrogen-bond donors (Lipinski definition) is 1. The van der Waals surface area contributed by atoms with Crippen molar-refractivity contribution in [1.29, 1.82) is 0 Å². The predicted molar refractivity (Wildman–Crippen MR) is 76.1 cm³/mol. The second kappa shape index (κ2) is 6.22. The van der Waals surface area contributed by atoms with Gasteiger partial charge in [-0.2, -0.15) is 5.10 Å². The summed E-state index contributed by atoms with van der Waals surface area (Å²) in [4.78, 5) is 12.1. The van der Waals surface area contributed by atoms with Gasteiger partial charge in [-0.25, -0.2) is 0 Å². The lowest BCUT2D eigenvalue weighted by Gasteiger charge is -2.28. The van der Waals surface area contributed by atoms with Crippen molar-refractivity contribution >= 4 is 5.91 Å². The first kappa shape index (κ1) is 14.1. The minimum atomic E-state index is -0.0253. The van der Waals surface area contributed by atoms with Gasteiger partial charge in [0.05, 0.1) is 0 Å². The molecule has 0 saturated heterocycles. The van der Waals surface area contributed by atoms with Crippen molar-refractivity contribution in [1.82, 2.24) is 15.1 Å². The Balaban J connectivity index is 1.84. The highest BCUT2D eigenvalue weighted by molar-refractivity contribution is 5.92. The third-order valence-corrected chi connectivity index (χ3v) is 4.23. The van der Waals surface area contributed by atoms with Crippen LogP contribution in [-0.4, -0.2) is 21.7 Å². The number of rotatable bonds is 4. The fourth-order valence-electron chi connectivity index (χ4n) is 2.93. The van der Waals surface area contributed by atoms with Crippen molar-refractivity contribution in [2.24, 2.45) is 13.0 Å². The van der Waals surface area contributed by atoms with Gasteiger partial charge in [0.2, 0.25) is 0 Å². The molecule has 4 heteroatoms. The van der Waals surface area contributed by atoms with E-state index in [2.05, 4.69) is 17.3 Å². The minimum Gasteiger partial charge on any atom is -0.348 e. The second-order valence-electron chi connectivity index (χ2n) is 5.77. The van der Waals surface area contributed by atoms with Gasteiger partial charge >= 0.3 is 0 Å². The maximum atomic E-state index is 12.1. The van der Waals surface area contributed by atoms with Gasteiger partial charge in [-0.1, -0.05) is 19.8 Å². The van der Waals surface area contributed by atoms with Crippen LogP contribution in [0, 0.1) is 12.8 Å². The van der Waals surface area contributed by atoms with Gasteiger partial charge in [-0.3, -0.25) is 9.48 Å². The Morgan fingerprint density at radius 1 is 1.42 bits per heavy atom. The molecule has 1 aromatic rings. The minimum absolute atomic E-state index is 0.0253. The van der Waals surface area contributed by atoms with Crippen LogP contribution in [0.25, 0.3) is 0 Å². The van der Waals surface area contributed by atoms with Crippen LogP contribution < -0.4 is 5.32 Å². The van der Waals surface area contributed by atoms with E-state index >= 15 is 0 Å².